The van der Waals surface area contributed by atoms with Crippen LogP contribution >= 0.6 is 0 Å². The number of hydrogen-bond acceptors (Lipinski definition) is 5. The van der Waals surface area contributed by atoms with E-state index in [-0.39, 0.29) is 11.8 Å². The molecule has 5 nitrogen and oxygen atoms in total. The smallest absolute Gasteiger partial charge is 0.190 e. The Balaban J connectivity index is 2.87. The fourth-order valence-electron chi connectivity index (χ4n) is 1.41. The van der Waals surface area contributed by atoms with Gasteiger partial charge < -0.3 is 15.2 Å². The summed E-state index contributed by atoms with van der Waals surface area (Å²) >= 11 is 0. The average molecular weight is 285 g/mol. The lowest BCUT2D eigenvalue weighted by Crippen LogP contribution is -2.12. The van der Waals surface area contributed by atoms with E-state index >= 15 is 0 Å². The molecule has 0 bridgehead atoms. The SMILES string of the molecule is CCOCOc1ccc(/C(C)=C(\N)S(C)(=O)=O)cc1. The Morgan fingerprint density at radius 3 is 2.32 bits per heavy atom. The quantitative estimate of drug-likeness (QED) is 0.636. The summed E-state index contributed by atoms with van der Waals surface area (Å²) in [6.07, 6.45) is 1.09. The van der Waals surface area contributed by atoms with Crippen LogP contribution in [0.1, 0.15) is 19.4 Å². The van der Waals surface area contributed by atoms with Crippen LogP contribution in [0, 0.1) is 0 Å². The second-order valence-corrected chi connectivity index (χ2v) is 6.02. The summed E-state index contributed by atoms with van der Waals surface area (Å²) in [5.74, 6) is 0.655. The molecule has 19 heavy (non-hydrogen) atoms. The van der Waals surface area contributed by atoms with Gasteiger partial charge in [0.1, 0.15) is 10.8 Å². The third kappa shape index (κ3) is 4.57. The van der Waals surface area contributed by atoms with Crippen LogP contribution < -0.4 is 10.5 Å². The van der Waals surface area contributed by atoms with Crippen LogP contribution in [-0.2, 0) is 14.6 Å². The summed E-state index contributed by atoms with van der Waals surface area (Å²) in [7, 11) is -3.37. The number of nitrogens with two attached hydrogens (primary N) is 1. The highest BCUT2D eigenvalue weighted by Gasteiger charge is 2.11. The van der Waals surface area contributed by atoms with Gasteiger partial charge in [-0.05, 0) is 37.1 Å². The third-order valence-corrected chi connectivity index (χ3v) is 3.67. The Kier molecular flexibility index (Phi) is 5.38. The number of allylic oxidation sites excluding steroid dienone is 1. The first-order valence-electron chi connectivity index (χ1n) is 5.83. The van der Waals surface area contributed by atoms with Gasteiger partial charge in [0.05, 0.1) is 0 Å². The zero-order valence-electron chi connectivity index (χ0n) is 11.3. The van der Waals surface area contributed by atoms with Crippen molar-refractivity contribution >= 4 is 15.4 Å². The number of ether oxygens (including phenoxy) is 2. The van der Waals surface area contributed by atoms with Gasteiger partial charge in [0.15, 0.2) is 16.6 Å². The van der Waals surface area contributed by atoms with Gasteiger partial charge in [0, 0.05) is 12.9 Å². The lowest BCUT2D eigenvalue weighted by atomic mass is 10.1. The topological polar surface area (TPSA) is 78.6 Å². The van der Waals surface area contributed by atoms with E-state index in [0.29, 0.717) is 17.9 Å². The monoisotopic (exact) mass is 285 g/mol. The van der Waals surface area contributed by atoms with Crippen molar-refractivity contribution in [3.63, 3.8) is 0 Å². The molecule has 0 aliphatic heterocycles. The molecule has 6 heteroatoms. The molecule has 0 unspecified atom stereocenters. The van der Waals surface area contributed by atoms with E-state index in [9.17, 15) is 8.42 Å². The molecular weight excluding hydrogens is 266 g/mol. The molecule has 1 aromatic carbocycles. The molecule has 0 aliphatic carbocycles. The summed E-state index contributed by atoms with van der Waals surface area (Å²) in [5.41, 5.74) is 6.87. The maximum absolute atomic E-state index is 11.4. The Hall–Kier alpha value is -1.53. The van der Waals surface area contributed by atoms with Crippen LogP contribution in [0.25, 0.3) is 5.57 Å². The first kappa shape index (κ1) is 15.5. The zero-order chi connectivity index (χ0) is 14.5. The number of rotatable bonds is 6. The van der Waals surface area contributed by atoms with Gasteiger partial charge in [-0.1, -0.05) is 12.1 Å². The molecule has 0 aromatic heterocycles. The molecular formula is C13H19NO4S. The summed E-state index contributed by atoms with van der Waals surface area (Å²) in [6.45, 7) is 4.34. The predicted molar refractivity (Wildman–Crippen MR) is 75.2 cm³/mol. The van der Waals surface area contributed by atoms with E-state index < -0.39 is 9.84 Å². The van der Waals surface area contributed by atoms with Gasteiger partial charge in [-0.2, -0.15) is 0 Å². The lowest BCUT2D eigenvalue weighted by molar-refractivity contribution is 0.0224. The lowest BCUT2D eigenvalue weighted by Gasteiger charge is -2.09. The third-order valence-electron chi connectivity index (χ3n) is 2.57. The van der Waals surface area contributed by atoms with E-state index in [1.807, 2.05) is 6.92 Å². The van der Waals surface area contributed by atoms with E-state index in [0.717, 1.165) is 11.8 Å². The second-order valence-electron chi connectivity index (χ2n) is 4.04. The summed E-state index contributed by atoms with van der Waals surface area (Å²) in [5, 5.41) is -0.115. The highest BCUT2D eigenvalue weighted by atomic mass is 32.2. The largest absolute Gasteiger partial charge is 0.468 e. The fourth-order valence-corrected chi connectivity index (χ4v) is 2.09. The molecule has 0 radical (unpaired) electrons. The van der Waals surface area contributed by atoms with Crippen molar-refractivity contribution in [3.8, 4) is 5.75 Å². The molecule has 0 amide bonds. The van der Waals surface area contributed by atoms with Crippen LogP contribution in [0.5, 0.6) is 5.75 Å². The van der Waals surface area contributed by atoms with Crippen molar-refractivity contribution in [1.82, 2.24) is 0 Å². The molecule has 0 aliphatic rings. The molecule has 0 atom stereocenters. The average Bonchev–Trinajstić information content (AvgIpc) is 2.37. The Morgan fingerprint density at radius 2 is 1.84 bits per heavy atom. The first-order chi connectivity index (χ1) is 8.86. The fraction of sp³-hybridized carbons (Fsp3) is 0.385. The van der Waals surface area contributed by atoms with Gasteiger partial charge in [0.25, 0.3) is 0 Å². The number of benzene rings is 1. The summed E-state index contributed by atoms with van der Waals surface area (Å²) in [4.78, 5) is 0. The van der Waals surface area contributed by atoms with Crippen molar-refractivity contribution in [1.29, 1.82) is 0 Å². The van der Waals surface area contributed by atoms with Gasteiger partial charge >= 0.3 is 0 Å². The van der Waals surface area contributed by atoms with E-state index in [4.69, 9.17) is 15.2 Å². The minimum atomic E-state index is -3.37. The molecule has 106 valence electrons. The van der Waals surface area contributed by atoms with Crippen LogP contribution in [0.3, 0.4) is 0 Å². The molecule has 2 N–H and O–H groups in total. The van der Waals surface area contributed by atoms with Crippen LogP contribution in [0.15, 0.2) is 29.3 Å². The Labute approximate surface area is 113 Å². The molecule has 1 rings (SSSR count). The summed E-state index contributed by atoms with van der Waals surface area (Å²) in [6, 6.07) is 7.00. The standard InChI is InChI=1S/C13H19NO4S/c1-4-17-9-18-12-7-5-11(6-8-12)10(2)13(14)19(3,15)16/h5-8H,4,9,14H2,1-3H3/b13-10+. The van der Waals surface area contributed by atoms with Crippen molar-refractivity contribution in [2.75, 3.05) is 19.7 Å². The molecule has 0 saturated heterocycles. The van der Waals surface area contributed by atoms with Crippen molar-refractivity contribution in [2.24, 2.45) is 5.73 Å². The Morgan fingerprint density at radius 1 is 1.26 bits per heavy atom. The molecule has 0 saturated carbocycles. The minimum Gasteiger partial charge on any atom is -0.468 e. The molecule has 0 fully saturated rings. The van der Waals surface area contributed by atoms with Crippen LogP contribution in [0.2, 0.25) is 0 Å². The highest BCUT2D eigenvalue weighted by molar-refractivity contribution is 7.94. The first-order valence-corrected chi connectivity index (χ1v) is 7.72. The maximum Gasteiger partial charge on any atom is 0.190 e. The van der Waals surface area contributed by atoms with Gasteiger partial charge in [0.2, 0.25) is 0 Å². The van der Waals surface area contributed by atoms with E-state index in [1.165, 1.54) is 0 Å². The van der Waals surface area contributed by atoms with Crippen molar-refractivity contribution < 1.29 is 17.9 Å². The second kappa shape index (κ2) is 6.58. The maximum atomic E-state index is 11.4. The van der Waals surface area contributed by atoms with Crippen molar-refractivity contribution in [3.05, 3.63) is 34.9 Å². The van der Waals surface area contributed by atoms with E-state index in [1.54, 1.807) is 31.2 Å². The van der Waals surface area contributed by atoms with Crippen LogP contribution in [-0.4, -0.2) is 28.1 Å². The predicted octanol–water partition coefficient (Wildman–Crippen LogP) is 1.75. The van der Waals surface area contributed by atoms with Gasteiger partial charge in [-0.25, -0.2) is 8.42 Å². The van der Waals surface area contributed by atoms with Gasteiger partial charge in [-0.15, -0.1) is 0 Å². The molecule has 1 aromatic rings. The highest BCUT2D eigenvalue weighted by Crippen LogP contribution is 2.21. The van der Waals surface area contributed by atoms with E-state index in [2.05, 4.69) is 0 Å². The van der Waals surface area contributed by atoms with Crippen molar-refractivity contribution in [2.45, 2.75) is 13.8 Å². The number of sulfone groups is 1. The molecule has 0 heterocycles. The molecule has 0 spiro atoms. The van der Waals surface area contributed by atoms with Gasteiger partial charge in [-0.3, -0.25) is 0 Å². The van der Waals surface area contributed by atoms with Crippen LogP contribution in [0.4, 0.5) is 0 Å². The zero-order valence-corrected chi connectivity index (χ0v) is 12.2. The minimum absolute atomic E-state index is 0.115. The Bertz CT molecular complexity index is 547. The number of hydrogen-bond donors (Lipinski definition) is 1. The summed E-state index contributed by atoms with van der Waals surface area (Å²) < 4.78 is 33.1. The normalized spacial score (nSPS) is 13.0.